The molecule has 0 fully saturated rings. The summed E-state index contributed by atoms with van der Waals surface area (Å²) < 4.78 is 0. The molecule has 0 saturated carbocycles. The second kappa shape index (κ2) is 8.31. The van der Waals surface area contributed by atoms with Crippen LogP contribution in [0.5, 0.6) is 0 Å². The average Bonchev–Trinajstić information content (AvgIpc) is 3.17. The lowest BCUT2D eigenvalue weighted by atomic mass is 10.0. The first kappa shape index (κ1) is 18.4. The minimum absolute atomic E-state index is 0.0399. The molecule has 1 atom stereocenters. The lowest BCUT2D eigenvalue weighted by Crippen LogP contribution is -2.40. The van der Waals surface area contributed by atoms with Crippen molar-refractivity contribution in [2.75, 3.05) is 0 Å². The quantitative estimate of drug-likeness (QED) is 0.586. The van der Waals surface area contributed by atoms with Crippen LogP contribution in [-0.2, 0) is 13.0 Å². The molecule has 0 aliphatic rings. The van der Waals surface area contributed by atoms with Crippen LogP contribution in [0.4, 0.5) is 0 Å². The summed E-state index contributed by atoms with van der Waals surface area (Å²) in [5.74, 6) is 0.206. The van der Waals surface area contributed by atoms with Crippen molar-refractivity contribution >= 4 is 5.91 Å². The number of hydrogen-bond acceptors (Lipinski definition) is 4. The number of carbonyl (C=O) groups is 1. The van der Waals surface area contributed by atoms with Gasteiger partial charge in [-0.25, -0.2) is 9.78 Å². The van der Waals surface area contributed by atoms with Crippen molar-refractivity contribution in [2.45, 2.75) is 32.4 Å². The van der Waals surface area contributed by atoms with Crippen LogP contribution in [0.15, 0.2) is 58.4 Å². The maximum absolute atomic E-state index is 13.0. The SMILES string of the molecule is CC(CCc1ccccc1)N(Cc1ncc[nH]1)C(=O)c1cc(=O)[nH]c(=O)[nH]1. The maximum Gasteiger partial charge on any atom is 0.326 e. The third-order valence-corrected chi connectivity index (χ3v) is 4.35. The van der Waals surface area contributed by atoms with Crippen molar-refractivity contribution in [3.63, 3.8) is 0 Å². The summed E-state index contributed by atoms with van der Waals surface area (Å²) >= 11 is 0. The first-order chi connectivity index (χ1) is 13.0. The van der Waals surface area contributed by atoms with Crippen LogP contribution in [0, 0.1) is 0 Å². The van der Waals surface area contributed by atoms with Crippen molar-refractivity contribution in [3.8, 4) is 0 Å². The monoisotopic (exact) mass is 367 g/mol. The molecule has 8 heteroatoms. The minimum atomic E-state index is -0.708. The standard InChI is InChI=1S/C19H21N5O3/c1-13(7-8-14-5-3-2-4-6-14)24(12-16-20-9-10-21-16)18(26)15-11-17(25)23-19(27)22-15/h2-6,9-11,13H,7-8,12H2,1H3,(H,20,21)(H2,22,23,25,27). The molecule has 0 aliphatic carbocycles. The Labute approximate surface area is 155 Å². The summed E-state index contributed by atoms with van der Waals surface area (Å²) in [6, 6.07) is 11.0. The fourth-order valence-electron chi connectivity index (χ4n) is 2.89. The van der Waals surface area contributed by atoms with E-state index in [0.29, 0.717) is 5.82 Å². The van der Waals surface area contributed by atoms with Gasteiger partial charge in [0, 0.05) is 24.5 Å². The third-order valence-electron chi connectivity index (χ3n) is 4.35. The molecule has 2 heterocycles. The van der Waals surface area contributed by atoms with Crippen LogP contribution in [0.25, 0.3) is 0 Å². The second-order valence-electron chi connectivity index (χ2n) is 6.34. The fraction of sp³-hybridized carbons (Fsp3) is 0.263. The third kappa shape index (κ3) is 4.81. The number of imidazole rings is 1. The van der Waals surface area contributed by atoms with Gasteiger partial charge in [0.15, 0.2) is 0 Å². The fourth-order valence-corrected chi connectivity index (χ4v) is 2.89. The van der Waals surface area contributed by atoms with E-state index < -0.39 is 17.2 Å². The van der Waals surface area contributed by atoms with Crippen molar-refractivity contribution < 1.29 is 4.79 Å². The zero-order valence-corrected chi connectivity index (χ0v) is 14.9. The highest BCUT2D eigenvalue weighted by Gasteiger charge is 2.24. The molecular formula is C19H21N5O3. The van der Waals surface area contributed by atoms with E-state index in [2.05, 4.69) is 19.9 Å². The zero-order valence-electron chi connectivity index (χ0n) is 14.9. The van der Waals surface area contributed by atoms with Gasteiger partial charge in [-0.05, 0) is 25.3 Å². The van der Waals surface area contributed by atoms with Gasteiger partial charge in [-0.1, -0.05) is 30.3 Å². The summed E-state index contributed by atoms with van der Waals surface area (Å²) in [6.45, 7) is 2.19. The molecule has 0 radical (unpaired) electrons. The van der Waals surface area contributed by atoms with E-state index in [-0.39, 0.29) is 18.3 Å². The number of nitrogens with zero attached hydrogens (tertiary/aromatic N) is 2. The smallest absolute Gasteiger partial charge is 0.326 e. The average molecular weight is 367 g/mol. The van der Waals surface area contributed by atoms with Gasteiger partial charge in [0.05, 0.1) is 6.54 Å². The van der Waals surface area contributed by atoms with Crippen LogP contribution in [0.2, 0.25) is 0 Å². The molecule has 1 aromatic carbocycles. The van der Waals surface area contributed by atoms with Gasteiger partial charge in [0.25, 0.3) is 11.5 Å². The Kier molecular flexibility index (Phi) is 5.65. The zero-order chi connectivity index (χ0) is 19.2. The predicted octanol–water partition coefficient (Wildman–Crippen LogP) is 1.45. The molecule has 2 aromatic heterocycles. The predicted molar refractivity (Wildman–Crippen MR) is 100 cm³/mol. The molecule has 0 bridgehead atoms. The summed E-state index contributed by atoms with van der Waals surface area (Å²) in [5, 5.41) is 0. The number of aromatic nitrogens is 4. The number of amides is 1. The molecule has 0 spiro atoms. The van der Waals surface area contributed by atoms with Gasteiger partial charge in [0.1, 0.15) is 11.5 Å². The highest BCUT2D eigenvalue weighted by molar-refractivity contribution is 5.92. The number of nitrogens with one attached hydrogen (secondary N) is 3. The van der Waals surface area contributed by atoms with Crippen molar-refractivity contribution in [1.29, 1.82) is 0 Å². The lowest BCUT2D eigenvalue weighted by molar-refractivity contribution is 0.0655. The Morgan fingerprint density at radius 2 is 1.96 bits per heavy atom. The highest BCUT2D eigenvalue weighted by Crippen LogP contribution is 2.14. The largest absolute Gasteiger partial charge is 0.347 e. The molecule has 140 valence electrons. The number of aryl methyl sites for hydroxylation is 1. The topological polar surface area (TPSA) is 115 Å². The van der Waals surface area contributed by atoms with Crippen LogP contribution in [0.3, 0.4) is 0 Å². The van der Waals surface area contributed by atoms with Gasteiger partial charge in [0.2, 0.25) is 0 Å². The first-order valence-corrected chi connectivity index (χ1v) is 8.69. The molecule has 3 aromatic rings. The molecular weight excluding hydrogens is 346 g/mol. The normalized spacial score (nSPS) is 11.9. The number of H-pyrrole nitrogens is 3. The van der Waals surface area contributed by atoms with E-state index in [1.54, 1.807) is 17.3 Å². The second-order valence-corrected chi connectivity index (χ2v) is 6.34. The number of rotatable bonds is 7. The Morgan fingerprint density at radius 3 is 2.63 bits per heavy atom. The first-order valence-electron chi connectivity index (χ1n) is 8.69. The van der Waals surface area contributed by atoms with Crippen molar-refractivity contribution in [1.82, 2.24) is 24.8 Å². The number of carbonyl (C=O) groups excluding carboxylic acids is 1. The highest BCUT2D eigenvalue weighted by atomic mass is 16.2. The molecule has 0 saturated heterocycles. The Hall–Kier alpha value is -3.42. The van der Waals surface area contributed by atoms with E-state index in [1.807, 2.05) is 37.3 Å². The number of benzene rings is 1. The van der Waals surface area contributed by atoms with E-state index in [9.17, 15) is 14.4 Å². The maximum atomic E-state index is 13.0. The van der Waals surface area contributed by atoms with Crippen LogP contribution >= 0.6 is 0 Å². The van der Waals surface area contributed by atoms with Gasteiger partial charge in [-0.2, -0.15) is 0 Å². The Bertz CT molecular complexity index is 964. The Morgan fingerprint density at radius 1 is 1.19 bits per heavy atom. The molecule has 3 N–H and O–H groups in total. The minimum Gasteiger partial charge on any atom is -0.347 e. The van der Waals surface area contributed by atoms with E-state index >= 15 is 0 Å². The summed E-state index contributed by atoms with van der Waals surface area (Å²) in [6.07, 6.45) is 4.82. The molecule has 27 heavy (non-hydrogen) atoms. The molecule has 1 unspecified atom stereocenters. The molecule has 0 aliphatic heterocycles. The van der Waals surface area contributed by atoms with E-state index in [4.69, 9.17) is 0 Å². The Balaban J connectivity index is 1.82. The molecule has 1 amide bonds. The van der Waals surface area contributed by atoms with Crippen molar-refractivity contribution in [3.05, 3.63) is 86.7 Å². The van der Waals surface area contributed by atoms with E-state index in [0.717, 1.165) is 18.9 Å². The van der Waals surface area contributed by atoms with Gasteiger partial charge in [-0.15, -0.1) is 0 Å². The van der Waals surface area contributed by atoms with Crippen LogP contribution in [0.1, 0.15) is 35.2 Å². The molecule has 3 rings (SSSR count). The van der Waals surface area contributed by atoms with Crippen molar-refractivity contribution in [2.24, 2.45) is 0 Å². The summed E-state index contributed by atoms with van der Waals surface area (Å²) in [4.78, 5) is 49.3. The van der Waals surface area contributed by atoms with Gasteiger partial charge < -0.3 is 14.9 Å². The van der Waals surface area contributed by atoms with E-state index in [1.165, 1.54) is 5.56 Å². The summed E-state index contributed by atoms with van der Waals surface area (Å²) in [7, 11) is 0. The van der Waals surface area contributed by atoms with Gasteiger partial charge in [-0.3, -0.25) is 14.6 Å². The molecule has 8 nitrogen and oxygen atoms in total. The van der Waals surface area contributed by atoms with Crippen LogP contribution in [-0.4, -0.2) is 36.8 Å². The van der Waals surface area contributed by atoms with Gasteiger partial charge >= 0.3 is 5.69 Å². The number of aromatic amines is 3. The number of hydrogen-bond donors (Lipinski definition) is 3. The summed E-state index contributed by atoms with van der Waals surface area (Å²) in [5.41, 5.74) is -0.182. The lowest BCUT2D eigenvalue weighted by Gasteiger charge is -2.28. The van der Waals surface area contributed by atoms with Crippen LogP contribution < -0.4 is 11.2 Å².